The highest BCUT2D eigenvalue weighted by atomic mass is 32.2. The van der Waals surface area contributed by atoms with E-state index >= 15 is 0 Å². The van der Waals surface area contributed by atoms with Crippen LogP contribution in [0.25, 0.3) is 10.2 Å². The molecule has 0 atom stereocenters. The number of thioether (sulfide) groups is 1. The second kappa shape index (κ2) is 8.45. The number of nitro benzene ring substituents is 1. The average molecular weight is 405 g/mol. The molecular formula is C18H16FN3O3S2. The van der Waals surface area contributed by atoms with E-state index < -0.39 is 4.92 Å². The van der Waals surface area contributed by atoms with Crippen molar-refractivity contribution in [2.24, 2.45) is 4.99 Å². The zero-order valence-corrected chi connectivity index (χ0v) is 16.1. The summed E-state index contributed by atoms with van der Waals surface area (Å²) in [6.07, 6.45) is 0.250. The Hall–Kier alpha value is -2.52. The summed E-state index contributed by atoms with van der Waals surface area (Å²) in [5.41, 5.74) is 0.708. The summed E-state index contributed by atoms with van der Waals surface area (Å²) >= 11 is 2.80. The molecule has 2 aromatic carbocycles. The Kier molecular flexibility index (Phi) is 6.02. The number of halogens is 1. The van der Waals surface area contributed by atoms with Crippen LogP contribution in [0.3, 0.4) is 0 Å². The number of aromatic nitrogens is 1. The Morgan fingerprint density at radius 2 is 2.04 bits per heavy atom. The van der Waals surface area contributed by atoms with Gasteiger partial charge in [0.05, 0.1) is 15.1 Å². The molecule has 0 saturated carbocycles. The van der Waals surface area contributed by atoms with E-state index in [0.717, 1.165) is 9.60 Å². The lowest BCUT2D eigenvalue weighted by Gasteiger charge is -2.01. The van der Waals surface area contributed by atoms with Gasteiger partial charge in [-0.1, -0.05) is 11.3 Å². The van der Waals surface area contributed by atoms with Crippen LogP contribution in [0.1, 0.15) is 13.3 Å². The Morgan fingerprint density at radius 3 is 2.70 bits per heavy atom. The first-order valence-electron chi connectivity index (χ1n) is 8.21. The standard InChI is InChI=1S/C18H16FN3O3S2/c1-2-21-15-11-13(22(24)25)5-8-16(15)27-18(21)20-17(23)9-10-26-14-6-3-12(19)4-7-14/h3-8,11H,2,9-10H2,1H3. The van der Waals surface area contributed by atoms with Crippen LogP contribution in [-0.4, -0.2) is 21.2 Å². The van der Waals surface area contributed by atoms with E-state index in [1.54, 1.807) is 22.8 Å². The van der Waals surface area contributed by atoms with Gasteiger partial charge in [-0.05, 0) is 37.3 Å². The van der Waals surface area contributed by atoms with Crippen molar-refractivity contribution in [2.45, 2.75) is 24.8 Å². The average Bonchev–Trinajstić information content (AvgIpc) is 2.99. The third-order valence-corrected chi connectivity index (χ3v) is 5.88. The second-order valence-electron chi connectivity index (χ2n) is 5.60. The van der Waals surface area contributed by atoms with Gasteiger partial charge in [0.15, 0.2) is 4.80 Å². The summed E-state index contributed by atoms with van der Waals surface area (Å²) in [6, 6.07) is 10.7. The Morgan fingerprint density at radius 1 is 1.30 bits per heavy atom. The van der Waals surface area contributed by atoms with Gasteiger partial charge in [-0.25, -0.2) is 4.39 Å². The normalized spacial score (nSPS) is 11.9. The third-order valence-electron chi connectivity index (χ3n) is 3.81. The third kappa shape index (κ3) is 4.61. The van der Waals surface area contributed by atoms with Crippen LogP contribution in [-0.2, 0) is 11.3 Å². The summed E-state index contributed by atoms with van der Waals surface area (Å²) in [7, 11) is 0. The highest BCUT2D eigenvalue weighted by molar-refractivity contribution is 7.99. The first-order valence-corrected chi connectivity index (χ1v) is 10.0. The lowest BCUT2D eigenvalue weighted by Crippen LogP contribution is -2.16. The van der Waals surface area contributed by atoms with Crippen molar-refractivity contribution in [3.8, 4) is 0 Å². The van der Waals surface area contributed by atoms with Gasteiger partial charge >= 0.3 is 0 Å². The number of nitro groups is 1. The summed E-state index contributed by atoms with van der Waals surface area (Å²) < 4.78 is 15.5. The lowest BCUT2D eigenvalue weighted by atomic mass is 10.3. The number of carbonyl (C=O) groups is 1. The SMILES string of the molecule is CCn1c(=NC(=O)CCSc2ccc(F)cc2)sc2ccc([N+](=O)[O-])cc21. The van der Waals surface area contributed by atoms with Crippen LogP contribution in [0.4, 0.5) is 10.1 Å². The Balaban J connectivity index is 1.76. The van der Waals surface area contributed by atoms with Crippen molar-refractivity contribution in [3.63, 3.8) is 0 Å². The number of rotatable bonds is 6. The summed E-state index contributed by atoms with van der Waals surface area (Å²) in [5, 5.41) is 11.0. The van der Waals surface area contributed by atoms with Gasteiger partial charge in [-0.3, -0.25) is 14.9 Å². The Labute approximate surface area is 162 Å². The fourth-order valence-corrected chi connectivity index (χ4v) is 4.44. The molecule has 0 aliphatic rings. The van der Waals surface area contributed by atoms with Gasteiger partial charge < -0.3 is 4.57 Å². The van der Waals surface area contributed by atoms with Gasteiger partial charge in [0.1, 0.15) is 5.82 Å². The van der Waals surface area contributed by atoms with Gasteiger partial charge in [0.2, 0.25) is 5.91 Å². The number of hydrogen-bond acceptors (Lipinski definition) is 5. The van der Waals surface area contributed by atoms with E-state index in [2.05, 4.69) is 4.99 Å². The minimum Gasteiger partial charge on any atom is -0.316 e. The number of benzene rings is 2. The maximum Gasteiger partial charge on any atom is 0.271 e. The van der Waals surface area contributed by atoms with Crippen molar-refractivity contribution >= 4 is 44.9 Å². The first kappa shape index (κ1) is 19.2. The van der Waals surface area contributed by atoms with Crippen LogP contribution in [0.2, 0.25) is 0 Å². The molecule has 1 amide bonds. The molecule has 3 rings (SSSR count). The molecule has 0 spiro atoms. The summed E-state index contributed by atoms with van der Waals surface area (Å²) in [6.45, 7) is 2.45. The maximum atomic E-state index is 12.9. The molecule has 0 N–H and O–H groups in total. The van der Waals surface area contributed by atoms with E-state index in [-0.39, 0.29) is 23.8 Å². The van der Waals surface area contributed by atoms with Crippen molar-refractivity contribution in [1.29, 1.82) is 0 Å². The maximum absolute atomic E-state index is 12.9. The number of thiazole rings is 1. The second-order valence-corrected chi connectivity index (χ2v) is 7.77. The monoisotopic (exact) mass is 405 g/mol. The highest BCUT2D eigenvalue weighted by Crippen LogP contribution is 2.23. The molecule has 1 heterocycles. The first-order chi connectivity index (χ1) is 13.0. The van der Waals surface area contributed by atoms with Crippen LogP contribution < -0.4 is 4.80 Å². The molecule has 0 bridgehead atoms. The largest absolute Gasteiger partial charge is 0.316 e. The number of hydrogen-bond donors (Lipinski definition) is 0. The quantitative estimate of drug-likeness (QED) is 0.346. The number of non-ortho nitro benzene ring substituents is 1. The number of carbonyl (C=O) groups excluding carboxylic acids is 1. The van der Waals surface area contributed by atoms with Crippen LogP contribution in [0.15, 0.2) is 52.4 Å². The summed E-state index contributed by atoms with van der Waals surface area (Å²) in [4.78, 5) is 28.4. The van der Waals surface area contributed by atoms with Crippen molar-refractivity contribution < 1.29 is 14.1 Å². The molecule has 6 nitrogen and oxygen atoms in total. The molecule has 1 aromatic heterocycles. The van der Waals surface area contributed by atoms with Crippen LogP contribution in [0.5, 0.6) is 0 Å². The van der Waals surface area contributed by atoms with E-state index in [9.17, 15) is 19.3 Å². The van der Waals surface area contributed by atoms with Gasteiger partial charge in [-0.15, -0.1) is 11.8 Å². The molecule has 3 aromatic rings. The van der Waals surface area contributed by atoms with Crippen LogP contribution in [0, 0.1) is 15.9 Å². The van der Waals surface area contributed by atoms with E-state index in [1.807, 2.05) is 6.92 Å². The molecule has 0 aliphatic heterocycles. The fraction of sp³-hybridized carbons (Fsp3) is 0.222. The molecule has 0 unspecified atom stereocenters. The van der Waals surface area contributed by atoms with Crippen molar-refractivity contribution in [1.82, 2.24) is 4.57 Å². The minimum absolute atomic E-state index is 0.0103. The van der Waals surface area contributed by atoms with E-state index in [1.165, 1.54) is 47.4 Å². The fourth-order valence-electron chi connectivity index (χ4n) is 2.51. The summed E-state index contributed by atoms with van der Waals surface area (Å²) in [5.74, 6) is -0.0105. The van der Waals surface area contributed by atoms with Crippen molar-refractivity contribution in [3.05, 3.63) is 63.2 Å². The highest BCUT2D eigenvalue weighted by Gasteiger charge is 2.12. The topological polar surface area (TPSA) is 77.5 Å². The predicted molar refractivity (Wildman–Crippen MR) is 104 cm³/mol. The smallest absolute Gasteiger partial charge is 0.271 e. The number of aryl methyl sites for hydroxylation is 1. The molecule has 0 aliphatic carbocycles. The van der Waals surface area contributed by atoms with Crippen molar-refractivity contribution in [2.75, 3.05) is 5.75 Å². The molecule has 27 heavy (non-hydrogen) atoms. The van der Waals surface area contributed by atoms with E-state index in [4.69, 9.17) is 0 Å². The molecular weight excluding hydrogens is 389 g/mol. The van der Waals surface area contributed by atoms with Crippen LogP contribution >= 0.6 is 23.1 Å². The minimum atomic E-state index is -0.439. The molecule has 0 radical (unpaired) electrons. The Bertz CT molecular complexity index is 1060. The van der Waals surface area contributed by atoms with Gasteiger partial charge in [-0.2, -0.15) is 4.99 Å². The molecule has 0 fully saturated rings. The number of nitrogens with zero attached hydrogens (tertiary/aromatic N) is 3. The lowest BCUT2D eigenvalue weighted by molar-refractivity contribution is -0.384. The predicted octanol–water partition coefficient (Wildman–Crippen LogP) is 4.38. The molecule has 9 heteroatoms. The zero-order chi connectivity index (χ0) is 19.4. The number of amides is 1. The molecule has 140 valence electrons. The zero-order valence-electron chi connectivity index (χ0n) is 14.4. The van der Waals surface area contributed by atoms with E-state index in [0.29, 0.717) is 22.6 Å². The van der Waals surface area contributed by atoms with Gasteiger partial charge in [0, 0.05) is 35.7 Å². The van der Waals surface area contributed by atoms with Gasteiger partial charge in [0.25, 0.3) is 5.69 Å². The molecule has 0 saturated heterocycles. The number of fused-ring (bicyclic) bond motifs is 1.